The van der Waals surface area contributed by atoms with Crippen molar-refractivity contribution in [2.24, 2.45) is 0 Å². The summed E-state index contributed by atoms with van der Waals surface area (Å²) in [5.41, 5.74) is 1.52. The van der Waals surface area contributed by atoms with Gasteiger partial charge in [0.05, 0.1) is 18.3 Å². The number of hydrogen-bond donors (Lipinski definition) is 0. The van der Waals surface area contributed by atoms with Crippen molar-refractivity contribution < 1.29 is 12.8 Å². The van der Waals surface area contributed by atoms with Crippen molar-refractivity contribution >= 4 is 38.5 Å². The van der Waals surface area contributed by atoms with Gasteiger partial charge in [-0.05, 0) is 52.4 Å². The van der Waals surface area contributed by atoms with Crippen LogP contribution in [0, 0.1) is 3.57 Å². The first-order valence-electron chi connectivity index (χ1n) is 5.23. The van der Waals surface area contributed by atoms with E-state index in [1.165, 1.54) is 24.0 Å². The summed E-state index contributed by atoms with van der Waals surface area (Å²) in [6, 6.07) is 9.14. The fourth-order valence-corrected chi connectivity index (χ4v) is 2.89. The van der Waals surface area contributed by atoms with Crippen molar-refractivity contribution in [3.8, 4) is 0 Å². The molecule has 3 nitrogen and oxygen atoms in total. The molecule has 0 spiro atoms. The second-order valence-electron chi connectivity index (χ2n) is 3.79. The Morgan fingerprint density at radius 1 is 1.17 bits per heavy atom. The zero-order valence-corrected chi connectivity index (χ0v) is 12.4. The molecule has 0 amide bonds. The van der Waals surface area contributed by atoms with Crippen LogP contribution in [0.1, 0.15) is 11.1 Å². The molecule has 1 heterocycles. The molecule has 0 bridgehead atoms. The average molecular weight is 374 g/mol. The first-order chi connectivity index (χ1) is 8.55. The second kappa shape index (κ2) is 5.71. The summed E-state index contributed by atoms with van der Waals surface area (Å²) in [5.74, 6) is 0.0122. The van der Waals surface area contributed by atoms with Crippen LogP contribution >= 0.6 is 22.6 Å². The summed E-state index contributed by atoms with van der Waals surface area (Å²) in [7, 11) is -3.25. The molecule has 5 heteroatoms. The van der Waals surface area contributed by atoms with Gasteiger partial charge in [-0.3, -0.25) is 0 Å². The Bertz CT molecular complexity index is 625. The van der Waals surface area contributed by atoms with Crippen molar-refractivity contribution in [3.05, 3.63) is 63.0 Å². The Labute approximate surface area is 120 Å². The molecule has 0 saturated carbocycles. The smallest absolute Gasteiger partial charge is 0.175 e. The average Bonchev–Trinajstić information content (AvgIpc) is 2.83. The topological polar surface area (TPSA) is 47.3 Å². The Morgan fingerprint density at radius 2 is 1.89 bits per heavy atom. The molecular weight excluding hydrogens is 363 g/mol. The van der Waals surface area contributed by atoms with E-state index in [1.54, 1.807) is 6.07 Å². The summed E-state index contributed by atoms with van der Waals surface area (Å²) in [5, 5.41) is 1.22. The van der Waals surface area contributed by atoms with E-state index in [2.05, 4.69) is 22.6 Å². The maximum atomic E-state index is 11.9. The number of halogens is 1. The van der Waals surface area contributed by atoms with E-state index in [-0.39, 0.29) is 5.75 Å². The van der Waals surface area contributed by atoms with Crippen molar-refractivity contribution in [2.45, 2.75) is 5.75 Å². The van der Waals surface area contributed by atoms with E-state index in [0.29, 0.717) is 0 Å². The van der Waals surface area contributed by atoms with Crippen LogP contribution in [0.2, 0.25) is 0 Å². The lowest BCUT2D eigenvalue weighted by atomic mass is 10.2. The molecule has 0 aliphatic rings. The fraction of sp³-hybridized carbons (Fsp3) is 0.0769. The van der Waals surface area contributed by atoms with Gasteiger partial charge in [0.25, 0.3) is 0 Å². The highest BCUT2D eigenvalue weighted by atomic mass is 127. The van der Waals surface area contributed by atoms with Crippen LogP contribution < -0.4 is 0 Å². The van der Waals surface area contributed by atoms with Crippen LogP contribution in [0.3, 0.4) is 0 Å². The number of furan rings is 1. The molecule has 0 atom stereocenters. The van der Waals surface area contributed by atoms with Gasteiger partial charge in [-0.15, -0.1) is 0 Å². The van der Waals surface area contributed by atoms with E-state index in [4.69, 9.17) is 4.42 Å². The number of rotatable bonds is 4. The van der Waals surface area contributed by atoms with Crippen molar-refractivity contribution in [2.75, 3.05) is 0 Å². The Balaban J connectivity index is 2.10. The molecule has 0 fully saturated rings. The van der Waals surface area contributed by atoms with Gasteiger partial charge < -0.3 is 4.42 Å². The minimum atomic E-state index is -3.25. The zero-order chi connectivity index (χ0) is 13.0. The Hall–Kier alpha value is -1.08. The molecule has 0 radical (unpaired) electrons. The quantitative estimate of drug-likeness (QED) is 0.770. The van der Waals surface area contributed by atoms with E-state index < -0.39 is 9.84 Å². The molecule has 0 unspecified atom stereocenters. The molecule has 1 aromatic heterocycles. The summed E-state index contributed by atoms with van der Waals surface area (Å²) >= 11 is 2.18. The van der Waals surface area contributed by atoms with Gasteiger partial charge in [-0.2, -0.15) is 0 Å². The normalized spacial score (nSPS) is 12.1. The van der Waals surface area contributed by atoms with Crippen LogP contribution in [0.25, 0.3) is 6.08 Å². The maximum absolute atomic E-state index is 11.9. The molecular formula is C13H11IO3S. The first kappa shape index (κ1) is 13.4. The van der Waals surface area contributed by atoms with Crippen LogP contribution in [-0.4, -0.2) is 8.42 Å². The first-order valence-corrected chi connectivity index (χ1v) is 8.02. The third kappa shape index (κ3) is 3.99. The largest absolute Gasteiger partial charge is 0.472 e. The van der Waals surface area contributed by atoms with E-state index in [9.17, 15) is 8.42 Å². The van der Waals surface area contributed by atoms with Gasteiger partial charge in [0.2, 0.25) is 0 Å². The predicted octanol–water partition coefficient (Wildman–Crippen LogP) is 3.47. The minimum absolute atomic E-state index is 0.0122. The molecule has 2 rings (SSSR count). The van der Waals surface area contributed by atoms with Gasteiger partial charge >= 0.3 is 0 Å². The Kier molecular flexibility index (Phi) is 4.23. The van der Waals surface area contributed by atoms with E-state index in [1.807, 2.05) is 24.3 Å². The highest BCUT2D eigenvalue weighted by Gasteiger charge is 2.07. The molecule has 0 aliphatic carbocycles. The zero-order valence-electron chi connectivity index (χ0n) is 9.41. The van der Waals surface area contributed by atoms with Crippen LogP contribution in [0.4, 0.5) is 0 Å². The SMILES string of the molecule is O=S(=O)(C=Cc1ccoc1)Cc1ccc(I)cc1. The van der Waals surface area contributed by atoms with Gasteiger partial charge in [0.1, 0.15) is 0 Å². The third-order valence-corrected chi connectivity index (χ3v) is 4.30. The lowest BCUT2D eigenvalue weighted by molar-refractivity contribution is 0.567. The lowest BCUT2D eigenvalue weighted by Crippen LogP contribution is -1.99. The number of hydrogen-bond acceptors (Lipinski definition) is 3. The monoisotopic (exact) mass is 374 g/mol. The van der Waals surface area contributed by atoms with Crippen LogP contribution in [0.5, 0.6) is 0 Å². The highest BCUT2D eigenvalue weighted by molar-refractivity contribution is 14.1. The highest BCUT2D eigenvalue weighted by Crippen LogP contribution is 2.12. The molecule has 2 aromatic rings. The minimum Gasteiger partial charge on any atom is -0.472 e. The van der Waals surface area contributed by atoms with Gasteiger partial charge in [-0.25, -0.2) is 8.42 Å². The molecule has 0 saturated heterocycles. The second-order valence-corrected chi connectivity index (χ2v) is 6.93. The molecule has 94 valence electrons. The van der Waals surface area contributed by atoms with E-state index >= 15 is 0 Å². The van der Waals surface area contributed by atoms with Crippen molar-refractivity contribution in [3.63, 3.8) is 0 Å². The van der Waals surface area contributed by atoms with E-state index in [0.717, 1.165) is 14.7 Å². The summed E-state index contributed by atoms with van der Waals surface area (Å²) in [6.45, 7) is 0. The summed E-state index contributed by atoms with van der Waals surface area (Å²) in [4.78, 5) is 0. The third-order valence-electron chi connectivity index (χ3n) is 2.29. The maximum Gasteiger partial charge on any atom is 0.175 e. The predicted molar refractivity (Wildman–Crippen MR) is 79.5 cm³/mol. The molecule has 18 heavy (non-hydrogen) atoms. The van der Waals surface area contributed by atoms with Gasteiger partial charge in [-0.1, -0.05) is 12.1 Å². The Morgan fingerprint density at radius 3 is 2.50 bits per heavy atom. The van der Waals surface area contributed by atoms with Gasteiger partial charge in [0, 0.05) is 14.5 Å². The summed E-state index contributed by atoms with van der Waals surface area (Å²) < 4.78 is 29.7. The number of benzene rings is 1. The van der Waals surface area contributed by atoms with Crippen molar-refractivity contribution in [1.82, 2.24) is 0 Å². The lowest BCUT2D eigenvalue weighted by Gasteiger charge is -2.00. The van der Waals surface area contributed by atoms with Gasteiger partial charge in [0.15, 0.2) is 9.84 Å². The summed E-state index contributed by atoms with van der Waals surface area (Å²) in [6.07, 6.45) is 4.54. The molecule has 0 aliphatic heterocycles. The van der Waals surface area contributed by atoms with Crippen LogP contribution in [0.15, 0.2) is 52.7 Å². The standard InChI is InChI=1S/C13H11IO3S/c14-13-3-1-12(2-4-13)10-18(15,16)8-6-11-5-7-17-9-11/h1-9H,10H2. The number of sulfone groups is 1. The molecule has 0 N–H and O–H groups in total. The van der Waals surface area contributed by atoms with Crippen LogP contribution in [-0.2, 0) is 15.6 Å². The molecule has 1 aromatic carbocycles. The van der Waals surface area contributed by atoms with Crippen molar-refractivity contribution in [1.29, 1.82) is 0 Å². The fourth-order valence-electron chi connectivity index (χ4n) is 1.41.